The molecule has 0 fully saturated rings. The summed E-state index contributed by atoms with van der Waals surface area (Å²) < 4.78 is 0. The highest BCUT2D eigenvalue weighted by atomic mass is 35.5. The first-order chi connectivity index (χ1) is 9.10. The zero-order valence-corrected chi connectivity index (χ0v) is 13.5. The fourth-order valence-electron chi connectivity index (χ4n) is 2.20. The maximum Gasteiger partial charge on any atom is 0.0457 e. The molecule has 0 radical (unpaired) electrons. The second-order valence-corrected chi connectivity index (χ2v) is 5.71. The Morgan fingerprint density at radius 1 is 1.00 bits per heavy atom. The number of halogens is 2. The van der Waals surface area contributed by atoms with Gasteiger partial charge in [-0.25, -0.2) is 0 Å². The molecule has 20 heavy (non-hydrogen) atoms. The SMILES string of the molecule is CC(C)Cc1ccc(-c2ccc(CN)c(Cl)c2)cc1.Cl. The van der Waals surface area contributed by atoms with Gasteiger partial charge in [0, 0.05) is 11.6 Å². The molecule has 0 saturated carbocycles. The lowest BCUT2D eigenvalue weighted by atomic mass is 9.98. The molecule has 3 heteroatoms. The highest BCUT2D eigenvalue weighted by molar-refractivity contribution is 6.31. The van der Waals surface area contributed by atoms with Crippen LogP contribution in [0.1, 0.15) is 25.0 Å². The van der Waals surface area contributed by atoms with E-state index in [-0.39, 0.29) is 12.4 Å². The molecule has 0 heterocycles. The van der Waals surface area contributed by atoms with E-state index in [0.717, 1.165) is 22.6 Å². The first-order valence-corrected chi connectivity index (χ1v) is 7.05. The highest BCUT2D eigenvalue weighted by Crippen LogP contribution is 2.26. The summed E-state index contributed by atoms with van der Waals surface area (Å²) in [5.74, 6) is 0.684. The first kappa shape index (κ1) is 17.0. The standard InChI is InChI=1S/C17H20ClN.ClH/c1-12(2)9-13-3-5-14(6-4-13)15-7-8-16(11-19)17(18)10-15;/h3-8,10,12H,9,11,19H2,1-2H3;1H. The van der Waals surface area contributed by atoms with Crippen molar-refractivity contribution < 1.29 is 0 Å². The van der Waals surface area contributed by atoms with Gasteiger partial charge in [0.05, 0.1) is 0 Å². The summed E-state index contributed by atoms with van der Waals surface area (Å²) in [5.41, 5.74) is 10.3. The molecule has 0 amide bonds. The van der Waals surface area contributed by atoms with Crippen LogP contribution in [0.25, 0.3) is 11.1 Å². The lowest BCUT2D eigenvalue weighted by molar-refractivity contribution is 0.647. The van der Waals surface area contributed by atoms with E-state index in [0.29, 0.717) is 12.5 Å². The van der Waals surface area contributed by atoms with E-state index >= 15 is 0 Å². The Labute approximate surface area is 132 Å². The molecule has 0 spiro atoms. The minimum Gasteiger partial charge on any atom is -0.326 e. The molecule has 0 bridgehead atoms. The topological polar surface area (TPSA) is 26.0 Å². The van der Waals surface area contributed by atoms with Gasteiger partial charge in [-0.15, -0.1) is 12.4 Å². The van der Waals surface area contributed by atoms with Crippen LogP contribution in [0, 0.1) is 5.92 Å². The van der Waals surface area contributed by atoms with Crippen molar-refractivity contribution in [2.45, 2.75) is 26.8 Å². The number of nitrogens with two attached hydrogens (primary N) is 1. The second-order valence-electron chi connectivity index (χ2n) is 5.31. The Bertz CT molecular complexity index is 547. The Morgan fingerprint density at radius 3 is 2.10 bits per heavy atom. The number of benzene rings is 2. The van der Waals surface area contributed by atoms with Crippen LogP contribution in [-0.4, -0.2) is 0 Å². The molecule has 2 rings (SSSR count). The van der Waals surface area contributed by atoms with Crippen LogP contribution in [0.3, 0.4) is 0 Å². The molecular formula is C17H21Cl2N. The summed E-state index contributed by atoms with van der Waals surface area (Å²) in [6.45, 7) is 4.95. The van der Waals surface area contributed by atoms with Gasteiger partial charge in [0.25, 0.3) is 0 Å². The van der Waals surface area contributed by atoms with Gasteiger partial charge in [0.2, 0.25) is 0 Å². The average molecular weight is 310 g/mol. The van der Waals surface area contributed by atoms with Crippen LogP contribution in [-0.2, 0) is 13.0 Å². The van der Waals surface area contributed by atoms with E-state index in [1.165, 1.54) is 11.1 Å². The molecule has 0 unspecified atom stereocenters. The molecule has 1 nitrogen and oxygen atoms in total. The Kier molecular flexibility index (Phi) is 6.54. The molecule has 2 aromatic rings. The van der Waals surface area contributed by atoms with Crippen molar-refractivity contribution in [1.82, 2.24) is 0 Å². The smallest absolute Gasteiger partial charge is 0.0457 e. The largest absolute Gasteiger partial charge is 0.326 e. The van der Waals surface area contributed by atoms with E-state index in [4.69, 9.17) is 17.3 Å². The fourth-order valence-corrected chi connectivity index (χ4v) is 2.45. The third-order valence-corrected chi connectivity index (χ3v) is 3.56. The van der Waals surface area contributed by atoms with Crippen molar-refractivity contribution in [3.05, 3.63) is 58.6 Å². The second kappa shape index (κ2) is 7.68. The minimum atomic E-state index is 0. The Hall–Kier alpha value is -1.02. The third kappa shape index (κ3) is 4.24. The van der Waals surface area contributed by atoms with Gasteiger partial charge in [-0.2, -0.15) is 0 Å². The lowest BCUT2D eigenvalue weighted by Gasteiger charge is -2.08. The summed E-state index contributed by atoms with van der Waals surface area (Å²) >= 11 is 6.20. The van der Waals surface area contributed by atoms with Crippen molar-refractivity contribution in [3.8, 4) is 11.1 Å². The Balaban J connectivity index is 0.00000200. The quantitative estimate of drug-likeness (QED) is 0.836. The lowest BCUT2D eigenvalue weighted by Crippen LogP contribution is -1.97. The number of hydrogen-bond acceptors (Lipinski definition) is 1. The van der Waals surface area contributed by atoms with E-state index in [9.17, 15) is 0 Å². The van der Waals surface area contributed by atoms with Crippen molar-refractivity contribution in [3.63, 3.8) is 0 Å². The van der Waals surface area contributed by atoms with Gasteiger partial charge in [-0.1, -0.05) is 61.8 Å². The molecule has 0 aliphatic rings. The normalized spacial score (nSPS) is 10.4. The third-order valence-electron chi connectivity index (χ3n) is 3.20. The van der Waals surface area contributed by atoms with Gasteiger partial charge in [-0.05, 0) is 40.7 Å². The summed E-state index contributed by atoms with van der Waals surface area (Å²) in [4.78, 5) is 0. The summed E-state index contributed by atoms with van der Waals surface area (Å²) in [5, 5.41) is 0.742. The fraction of sp³-hybridized carbons (Fsp3) is 0.294. The van der Waals surface area contributed by atoms with Gasteiger partial charge in [0.15, 0.2) is 0 Å². The zero-order valence-electron chi connectivity index (χ0n) is 11.9. The predicted octanol–water partition coefficient (Wildman–Crippen LogP) is 5.09. The van der Waals surface area contributed by atoms with Crippen LogP contribution >= 0.6 is 24.0 Å². The van der Waals surface area contributed by atoms with Crippen LogP contribution in [0.15, 0.2) is 42.5 Å². The van der Waals surface area contributed by atoms with Crippen molar-refractivity contribution in [1.29, 1.82) is 0 Å². The van der Waals surface area contributed by atoms with Crippen molar-refractivity contribution >= 4 is 24.0 Å². The minimum absolute atomic E-state index is 0. The van der Waals surface area contributed by atoms with Crippen LogP contribution < -0.4 is 5.73 Å². The molecule has 0 aliphatic heterocycles. The van der Waals surface area contributed by atoms with Crippen LogP contribution in [0.2, 0.25) is 5.02 Å². The zero-order chi connectivity index (χ0) is 13.8. The maximum atomic E-state index is 6.20. The van der Waals surface area contributed by atoms with Gasteiger partial charge in [-0.3, -0.25) is 0 Å². The molecule has 2 N–H and O–H groups in total. The molecule has 0 aliphatic carbocycles. The maximum absolute atomic E-state index is 6.20. The number of rotatable bonds is 4. The van der Waals surface area contributed by atoms with E-state index in [1.54, 1.807) is 0 Å². The Morgan fingerprint density at radius 2 is 1.60 bits per heavy atom. The van der Waals surface area contributed by atoms with Crippen LogP contribution in [0.4, 0.5) is 0 Å². The first-order valence-electron chi connectivity index (χ1n) is 6.68. The van der Waals surface area contributed by atoms with Crippen molar-refractivity contribution in [2.75, 3.05) is 0 Å². The van der Waals surface area contributed by atoms with Gasteiger partial charge < -0.3 is 5.73 Å². The summed E-state index contributed by atoms with van der Waals surface area (Å²) in [7, 11) is 0. The molecular weight excluding hydrogens is 289 g/mol. The van der Waals surface area contributed by atoms with Gasteiger partial charge >= 0.3 is 0 Å². The monoisotopic (exact) mass is 309 g/mol. The predicted molar refractivity (Wildman–Crippen MR) is 90.6 cm³/mol. The van der Waals surface area contributed by atoms with E-state index < -0.39 is 0 Å². The van der Waals surface area contributed by atoms with Gasteiger partial charge in [0.1, 0.15) is 0 Å². The van der Waals surface area contributed by atoms with E-state index in [1.807, 2.05) is 12.1 Å². The molecule has 2 aromatic carbocycles. The molecule has 108 valence electrons. The van der Waals surface area contributed by atoms with Crippen LogP contribution in [0.5, 0.6) is 0 Å². The molecule has 0 atom stereocenters. The summed E-state index contributed by atoms with van der Waals surface area (Å²) in [6.07, 6.45) is 1.12. The highest BCUT2D eigenvalue weighted by Gasteiger charge is 2.03. The molecule has 0 saturated heterocycles. The van der Waals surface area contributed by atoms with Crippen molar-refractivity contribution in [2.24, 2.45) is 11.7 Å². The average Bonchev–Trinajstić information content (AvgIpc) is 2.39. The van der Waals surface area contributed by atoms with E-state index in [2.05, 4.69) is 44.2 Å². The molecule has 0 aromatic heterocycles. The summed E-state index contributed by atoms with van der Waals surface area (Å²) in [6, 6.07) is 14.8. The number of hydrogen-bond donors (Lipinski definition) is 1.